The first kappa shape index (κ1) is 20.9. The molecule has 3 amide bonds. The van der Waals surface area contributed by atoms with Crippen molar-refractivity contribution in [1.82, 2.24) is 20.9 Å². The number of carbonyl (C=O) groups excluding carboxylic acids is 2. The summed E-state index contributed by atoms with van der Waals surface area (Å²) in [4.78, 5) is 26.3. The predicted octanol–water partition coefficient (Wildman–Crippen LogP) is 0.205. The van der Waals surface area contributed by atoms with Crippen LogP contribution in [0.25, 0.3) is 0 Å². The van der Waals surface area contributed by atoms with Gasteiger partial charge in [-0.25, -0.2) is 4.79 Å². The van der Waals surface area contributed by atoms with Crippen molar-refractivity contribution in [3.63, 3.8) is 0 Å². The Morgan fingerprint density at radius 2 is 1.96 bits per heavy atom. The van der Waals surface area contributed by atoms with E-state index in [1.54, 1.807) is 0 Å². The lowest BCUT2D eigenvalue weighted by Crippen LogP contribution is -2.54. The third-order valence-corrected chi connectivity index (χ3v) is 4.89. The van der Waals surface area contributed by atoms with Gasteiger partial charge in [0.25, 0.3) is 0 Å². The van der Waals surface area contributed by atoms with Gasteiger partial charge in [-0.05, 0) is 52.6 Å². The molecule has 0 aromatic heterocycles. The molecule has 2 aliphatic heterocycles. The van der Waals surface area contributed by atoms with Crippen LogP contribution in [0.1, 0.15) is 46.0 Å². The Balaban J connectivity index is 1.68. The molecule has 0 radical (unpaired) electrons. The van der Waals surface area contributed by atoms with Crippen molar-refractivity contribution in [2.24, 2.45) is 0 Å². The molecule has 0 aromatic carbocycles. The summed E-state index contributed by atoms with van der Waals surface area (Å²) in [6, 6.07) is -0.456. The van der Waals surface area contributed by atoms with E-state index in [1.165, 1.54) is 12.8 Å². The molecular weight excluding hydrogens is 336 g/mol. The first-order chi connectivity index (χ1) is 12.5. The molecule has 8 nitrogen and oxygen atoms in total. The van der Waals surface area contributed by atoms with Gasteiger partial charge in [0.2, 0.25) is 5.91 Å². The Hall–Kier alpha value is -1.38. The van der Waals surface area contributed by atoms with E-state index < -0.39 is 6.10 Å². The van der Waals surface area contributed by atoms with E-state index in [1.807, 2.05) is 13.8 Å². The van der Waals surface area contributed by atoms with Gasteiger partial charge in [0, 0.05) is 19.1 Å². The van der Waals surface area contributed by atoms with Crippen molar-refractivity contribution < 1.29 is 19.4 Å². The first-order valence-electron chi connectivity index (χ1n) is 9.80. The third kappa shape index (κ3) is 7.09. The number of aliphatic hydroxyl groups is 1. The van der Waals surface area contributed by atoms with Crippen LogP contribution in [-0.2, 0) is 9.53 Å². The Morgan fingerprint density at radius 1 is 1.23 bits per heavy atom. The van der Waals surface area contributed by atoms with Crippen LogP contribution in [0.15, 0.2) is 0 Å². The number of amides is 3. The number of nitrogens with zero attached hydrogens (tertiary/aromatic N) is 1. The lowest BCUT2D eigenvalue weighted by Gasteiger charge is -2.36. The van der Waals surface area contributed by atoms with Gasteiger partial charge in [-0.2, -0.15) is 0 Å². The molecule has 3 atom stereocenters. The second-order valence-electron chi connectivity index (χ2n) is 7.54. The minimum absolute atomic E-state index is 0.0187. The molecule has 2 saturated heterocycles. The average Bonchev–Trinajstić information content (AvgIpc) is 3.08. The summed E-state index contributed by atoms with van der Waals surface area (Å²) in [6.45, 7) is 7.40. The topological polar surface area (TPSA) is 103 Å². The van der Waals surface area contributed by atoms with E-state index in [-0.39, 0.29) is 36.7 Å². The van der Waals surface area contributed by atoms with Crippen LogP contribution in [0, 0.1) is 0 Å². The van der Waals surface area contributed by atoms with Crippen LogP contribution < -0.4 is 16.0 Å². The molecule has 0 aliphatic carbocycles. The number of ether oxygens (including phenoxy) is 1. The molecule has 2 rings (SSSR count). The van der Waals surface area contributed by atoms with E-state index in [0.29, 0.717) is 25.8 Å². The minimum Gasteiger partial charge on any atom is -0.394 e. The Bertz CT molecular complexity index is 454. The molecule has 0 saturated carbocycles. The van der Waals surface area contributed by atoms with Crippen LogP contribution in [0.3, 0.4) is 0 Å². The highest BCUT2D eigenvalue weighted by atomic mass is 16.5. The first-order valence-corrected chi connectivity index (χ1v) is 9.80. The monoisotopic (exact) mass is 370 g/mol. The molecular formula is C18H34N4O4. The molecule has 4 N–H and O–H groups in total. The molecule has 2 aliphatic rings. The standard InChI is InChI=1S/C18H34N4O4/c1-13(2)20-18(25)21-15-6-5-14(26-16(15)12-23)11-17(24)19-7-10-22-8-3-4-9-22/h13-16,23H,3-12H2,1-2H3,(H,19,24)(H2,20,21,25)/t14-,15-,16+/m1/s1. The Labute approximate surface area is 156 Å². The third-order valence-electron chi connectivity index (χ3n) is 4.89. The number of hydrogen-bond donors (Lipinski definition) is 4. The summed E-state index contributed by atoms with van der Waals surface area (Å²) in [5.74, 6) is -0.0187. The fraction of sp³-hybridized carbons (Fsp3) is 0.889. The van der Waals surface area contributed by atoms with Gasteiger partial charge in [0.15, 0.2) is 0 Å². The quantitative estimate of drug-likeness (QED) is 0.489. The molecule has 26 heavy (non-hydrogen) atoms. The number of urea groups is 1. The van der Waals surface area contributed by atoms with E-state index >= 15 is 0 Å². The van der Waals surface area contributed by atoms with Crippen LogP contribution in [0.2, 0.25) is 0 Å². The number of aliphatic hydroxyl groups excluding tert-OH is 1. The smallest absolute Gasteiger partial charge is 0.315 e. The summed E-state index contributed by atoms with van der Waals surface area (Å²) in [5, 5.41) is 18.1. The lowest BCUT2D eigenvalue weighted by molar-refractivity contribution is -0.130. The fourth-order valence-corrected chi connectivity index (χ4v) is 3.56. The zero-order valence-corrected chi connectivity index (χ0v) is 16.0. The van der Waals surface area contributed by atoms with Gasteiger partial charge >= 0.3 is 6.03 Å². The van der Waals surface area contributed by atoms with Crippen molar-refractivity contribution in [1.29, 1.82) is 0 Å². The van der Waals surface area contributed by atoms with Crippen LogP contribution in [0.5, 0.6) is 0 Å². The maximum absolute atomic E-state index is 12.1. The molecule has 0 bridgehead atoms. The SMILES string of the molecule is CC(C)NC(=O)N[C@@H]1CC[C@H](CC(=O)NCCN2CCCC2)O[C@H]1CO. The van der Waals surface area contributed by atoms with Crippen molar-refractivity contribution in [3.05, 3.63) is 0 Å². The van der Waals surface area contributed by atoms with E-state index in [9.17, 15) is 14.7 Å². The lowest BCUT2D eigenvalue weighted by atomic mass is 9.97. The second-order valence-corrected chi connectivity index (χ2v) is 7.54. The highest BCUT2D eigenvalue weighted by Gasteiger charge is 2.32. The van der Waals surface area contributed by atoms with Crippen LogP contribution in [-0.4, -0.2) is 79.0 Å². The number of nitrogens with one attached hydrogen (secondary N) is 3. The highest BCUT2D eigenvalue weighted by molar-refractivity contribution is 5.76. The highest BCUT2D eigenvalue weighted by Crippen LogP contribution is 2.22. The summed E-state index contributed by atoms with van der Waals surface area (Å²) >= 11 is 0. The normalized spacial score (nSPS) is 26.7. The Kier molecular flexibility index (Phi) is 8.61. The van der Waals surface area contributed by atoms with Crippen molar-refractivity contribution in [2.45, 2.75) is 70.2 Å². The van der Waals surface area contributed by atoms with Gasteiger partial charge < -0.3 is 30.7 Å². The molecule has 0 unspecified atom stereocenters. The number of carbonyl (C=O) groups is 2. The van der Waals surface area contributed by atoms with Crippen LogP contribution >= 0.6 is 0 Å². The van der Waals surface area contributed by atoms with Crippen LogP contribution in [0.4, 0.5) is 4.79 Å². The zero-order valence-electron chi connectivity index (χ0n) is 16.0. The molecule has 8 heteroatoms. The van der Waals surface area contributed by atoms with Gasteiger partial charge in [0.05, 0.1) is 25.2 Å². The summed E-state index contributed by atoms with van der Waals surface area (Å²) in [7, 11) is 0. The zero-order chi connectivity index (χ0) is 18.9. The molecule has 0 aromatic rings. The molecule has 150 valence electrons. The van der Waals surface area contributed by atoms with Crippen molar-refractivity contribution >= 4 is 11.9 Å². The number of hydrogen-bond acceptors (Lipinski definition) is 5. The molecule has 2 fully saturated rings. The largest absolute Gasteiger partial charge is 0.394 e. The summed E-state index contributed by atoms with van der Waals surface area (Å²) in [5.41, 5.74) is 0. The fourth-order valence-electron chi connectivity index (χ4n) is 3.56. The van der Waals surface area contributed by atoms with E-state index in [4.69, 9.17) is 4.74 Å². The van der Waals surface area contributed by atoms with Crippen molar-refractivity contribution in [3.8, 4) is 0 Å². The second kappa shape index (κ2) is 10.7. The molecule has 2 heterocycles. The Morgan fingerprint density at radius 3 is 2.62 bits per heavy atom. The number of likely N-dealkylation sites (tertiary alicyclic amines) is 1. The van der Waals surface area contributed by atoms with Gasteiger partial charge in [-0.15, -0.1) is 0 Å². The maximum Gasteiger partial charge on any atom is 0.315 e. The number of rotatable bonds is 8. The van der Waals surface area contributed by atoms with E-state index in [2.05, 4.69) is 20.9 Å². The van der Waals surface area contributed by atoms with Gasteiger partial charge in [-0.3, -0.25) is 4.79 Å². The maximum atomic E-state index is 12.1. The van der Waals surface area contributed by atoms with E-state index in [0.717, 1.165) is 19.6 Å². The van der Waals surface area contributed by atoms with Gasteiger partial charge in [-0.1, -0.05) is 0 Å². The predicted molar refractivity (Wildman–Crippen MR) is 98.9 cm³/mol. The average molecular weight is 370 g/mol. The molecule has 0 spiro atoms. The minimum atomic E-state index is -0.482. The summed E-state index contributed by atoms with van der Waals surface area (Å²) in [6.07, 6.45) is 3.45. The van der Waals surface area contributed by atoms with Crippen molar-refractivity contribution in [2.75, 3.05) is 32.8 Å². The summed E-state index contributed by atoms with van der Waals surface area (Å²) < 4.78 is 5.84. The van der Waals surface area contributed by atoms with Gasteiger partial charge in [0.1, 0.15) is 6.10 Å².